The van der Waals surface area contributed by atoms with Crippen molar-refractivity contribution >= 4 is 5.91 Å². The zero-order chi connectivity index (χ0) is 10.9. The molecule has 0 saturated carbocycles. The molecule has 82 valence electrons. The molecule has 1 N–H and O–H groups in total. The molecule has 0 spiro atoms. The van der Waals surface area contributed by atoms with Crippen LogP contribution in [0.25, 0.3) is 0 Å². The number of para-hydroxylation sites is 1. The van der Waals surface area contributed by atoms with E-state index in [1.807, 2.05) is 18.2 Å². The van der Waals surface area contributed by atoms with Crippen molar-refractivity contribution in [2.45, 2.75) is 0 Å². The Morgan fingerprint density at radius 3 is 2.73 bits per heavy atom. The van der Waals surface area contributed by atoms with E-state index in [0.717, 1.165) is 0 Å². The zero-order valence-electron chi connectivity index (χ0n) is 8.43. The highest BCUT2D eigenvalue weighted by Crippen LogP contribution is 2.07. The van der Waals surface area contributed by atoms with Crippen LogP contribution in [-0.2, 0) is 14.4 Å². The molecule has 5 nitrogen and oxygen atoms in total. The summed E-state index contributed by atoms with van der Waals surface area (Å²) in [6, 6.07) is 9.06. The van der Waals surface area contributed by atoms with Crippen molar-refractivity contribution in [3.63, 3.8) is 0 Å². The lowest BCUT2D eigenvalue weighted by Gasteiger charge is -2.06. The third-order valence-corrected chi connectivity index (χ3v) is 1.48. The van der Waals surface area contributed by atoms with Crippen LogP contribution in [0, 0.1) is 0 Å². The fraction of sp³-hybridized carbons (Fsp3) is 0.300. The summed E-state index contributed by atoms with van der Waals surface area (Å²) >= 11 is 0. The van der Waals surface area contributed by atoms with Gasteiger partial charge in [-0.1, -0.05) is 18.2 Å². The fourth-order valence-corrected chi connectivity index (χ4v) is 0.864. The molecule has 0 aliphatic rings. The molecule has 0 aliphatic heterocycles. The topological polar surface area (TPSA) is 56.8 Å². The largest absolute Gasteiger partial charge is 0.484 e. The number of hydrogen-bond donors (Lipinski definition) is 1. The first-order valence-corrected chi connectivity index (χ1v) is 4.40. The number of methoxy groups -OCH3 is 1. The maximum Gasteiger partial charge on any atom is 0.281 e. The maximum atomic E-state index is 11.1. The van der Waals surface area contributed by atoms with Crippen molar-refractivity contribution in [3.8, 4) is 5.75 Å². The second-order valence-electron chi connectivity index (χ2n) is 2.68. The van der Waals surface area contributed by atoms with Gasteiger partial charge in [0, 0.05) is 7.11 Å². The van der Waals surface area contributed by atoms with Crippen molar-refractivity contribution in [3.05, 3.63) is 30.3 Å². The first kappa shape index (κ1) is 11.5. The van der Waals surface area contributed by atoms with E-state index >= 15 is 0 Å². The average Bonchev–Trinajstić information content (AvgIpc) is 2.28. The molecular formula is C10H13NO4. The number of hydroxylamine groups is 1. The zero-order valence-corrected chi connectivity index (χ0v) is 8.43. The van der Waals surface area contributed by atoms with Crippen molar-refractivity contribution in [1.82, 2.24) is 5.48 Å². The fourth-order valence-electron chi connectivity index (χ4n) is 0.864. The minimum Gasteiger partial charge on any atom is -0.484 e. The molecule has 0 aliphatic carbocycles. The summed E-state index contributed by atoms with van der Waals surface area (Å²) in [6.45, 7) is -0.0786. The van der Waals surface area contributed by atoms with Crippen LogP contribution in [0.4, 0.5) is 0 Å². The normalized spacial score (nSPS) is 9.67. The molecule has 0 radical (unpaired) electrons. The van der Waals surface area contributed by atoms with Gasteiger partial charge in [-0.2, -0.15) is 0 Å². The Labute approximate surface area is 87.9 Å². The van der Waals surface area contributed by atoms with E-state index in [0.29, 0.717) is 5.75 Å². The van der Waals surface area contributed by atoms with E-state index < -0.39 is 0 Å². The molecule has 1 rings (SSSR count). The molecule has 5 heteroatoms. The van der Waals surface area contributed by atoms with Gasteiger partial charge in [-0.05, 0) is 12.1 Å². The van der Waals surface area contributed by atoms with Crippen LogP contribution in [0.5, 0.6) is 5.75 Å². The molecular weight excluding hydrogens is 198 g/mol. The molecule has 0 atom stereocenters. The third-order valence-electron chi connectivity index (χ3n) is 1.48. The number of nitrogens with one attached hydrogen (secondary N) is 1. The molecule has 1 aromatic carbocycles. The average molecular weight is 211 g/mol. The lowest BCUT2D eigenvalue weighted by molar-refractivity contribution is -0.146. The van der Waals surface area contributed by atoms with Crippen molar-refractivity contribution < 1.29 is 19.1 Å². The van der Waals surface area contributed by atoms with Gasteiger partial charge in [0.15, 0.2) is 13.4 Å². The molecule has 1 aromatic rings. The van der Waals surface area contributed by atoms with E-state index in [2.05, 4.69) is 15.1 Å². The van der Waals surface area contributed by atoms with E-state index in [4.69, 9.17) is 4.74 Å². The van der Waals surface area contributed by atoms with E-state index in [9.17, 15) is 4.79 Å². The van der Waals surface area contributed by atoms with Crippen LogP contribution in [0.3, 0.4) is 0 Å². The maximum absolute atomic E-state index is 11.1. The standard InChI is InChI=1S/C10H13NO4/c1-13-8-15-11-10(12)7-14-9-5-3-2-4-6-9/h2-6H,7-8H2,1H3,(H,11,12). The summed E-state index contributed by atoms with van der Waals surface area (Å²) in [6.07, 6.45) is 0. The lowest BCUT2D eigenvalue weighted by Crippen LogP contribution is -2.29. The molecule has 0 unspecified atom stereocenters. The Morgan fingerprint density at radius 1 is 1.33 bits per heavy atom. The van der Waals surface area contributed by atoms with Crippen LogP contribution in [-0.4, -0.2) is 26.4 Å². The summed E-state index contributed by atoms with van der Waals surface area (Å²) in [5, 5.41) is 0. The van der Waals surface area contributed by atoms with Gasteiger partial charge in [0.1, 0.15) is 5.75 Å². The quantitative estimate of drug-likeness (QED) is 0.428. The number of carbonyl (C=O) groups is 1. The summed E-state index contributed by atoms with van der Waals surface area (Å²) in [4.78, 5) is 15.7. The van der Waals surface area contributed by atoms with Crippen molar-refractivity contribution in [2.75, 3.05) is 20.5 Å². The highest BCUT2D eigenvalue weighted by Gasteiger charge is 2.01. The van der Waals surface area contributed by atoms with E-state index in [1.165, 1.54) is 7.11 Å². The molecule has 0 saturated heterocycles. The predicted molar refractivity (Wildman–Crippen MR) is 53.0 cm³/mol. The number of ether oxygens (including phenoxy) is 2. The second-order valence-corrected chi connectivity index (χ2v) is 2.68. The smallest absolute Gasteiger partial charge is 0.281 e. The van der Waals surface area contributed by atoms with Crippen LogP contribution in [0.2, 0.25) is 0 Å². The third kappa shape index (κ3) is 4.99. The molecule has 0 bridgehead atoms. The summed E-state index contributed by atoms with van der Waals surface area (Å²) in [7, 11) is 1.46. The van der Waals surface area contributed by atoms with E-state index in [1.54, 1.807) is 12.1 Å². The first-order chi connectivity index (χ1) is 7.33. The van der Waals surface area contributed by atoms with Gasteiger partial charge in [-0.3, -0.25) is 4.79 Å². The van der Waals surface area contributed by atoms with Gasteiger partial charge in [0.25, 0.3) is 5.91 Å². The van der Waals surface area contributed by atoms with Gasteiger partial charge >= 0.3 is 0 Å². The van der Waals surface area contributed by atoms with Crippen LogP contribution in [0.1, 0.15) is 0 Å². The van der Waals surface area contributed by atoms with Gasteiger partial charge in [-0.15, -0.1) is 0 Å². The Hall–Kier alpha value is -1.59. The van der Waals surface area contributed by atoms with Crippen LogP contribution in [0.15, 0.2) is 30.3 Å². The van der Waals surface area contributed by atoms with Crippen LogP contribution >= 0.6 is 0 Å². The van der Waals surface area contributed by atoms with Crippen LogP contribution < -0.4 is 10.2 Å². The highest BCUT2D eigenvalue weighted by molar-refractivity contribution is 5.76. The number of amides is 1. The molecule has 15 heavy (non-hydrogen) atoms. The number of hydrogen-bond acceptors (Lipinski definition) is 4. The Morgan fingerprint density at radius 2 is 2.07 bits per heavy atom. The molecule has 1 amide bonds. The second kappa shape index (κ2) is 6.80. The first-order valence-electron chi connectivity index (χ1n) is 4.40. The monoisotopic (exact) mass is 211 g/mol. The molecule has 0 aromatic heterocycles. The van der Waals surface area contributed by atoms with E-state index in [-0.39, 0.29) is 19.3 Å². The van der Waals surface area contributed by atoms with Gasteiger partial charge in [0.05, 0.1) is 0 Å². The Balaban J connectivity index is 2.17. The van der Waals surface area contributed by atoms with Gasteiger partial charge in [-0.25, -0.2) is 10.3 Å². The van der Waals surface area contributed by atoms with Gasteiger partial charge in [0.2, 0.25) is 0 Å². The van der Waals surface area contributed by atoms with Gasteiger partial charge < -0.3 is 9.47 Å². The Bertz CT molecular complexity index is 289. The number of rotatable bonds is 6. The highest BCUT2D eigenvalue weighted by atomic mass is 16.8. The Kier molecular flexibility index (Phi) is 5.21. The minimum atomic E-state index is -0.365. The predicted octanol–water partition coefficient (Wildman–Crippen LogP) is 0.717. The molecule has 0 fully saturated rings. The molecule has 0 heterocycles. The number of carbonyl (C=O) groups excluding carboxylic acids is 1. The van der Waals surface area contributed by atoms with Crippen molar-refractivity contribution in [2.24, 2.45) is 0 Å². The summed E-state index contributed by atoms with van der Waals surface area (Å²) < 4.78 is 9.74. The lowest BCUT2D eigenvalue weighted by atomic mass is 10.3. The SMILES string of the molecule is COCONC(=O)COc1ccccc1. The number of benzene rings is 1. The van der Waals surface area contributed by atoms with Crippen molar-refractivity contribution in [1.29, 1.82) is 0 Å². The minimum absolute atomic E-state index is 0.0110. The summed E-state index contributed by atoms with van der Waals surface area (Å²) in [5.74, 6) is 0.273. The summed E-state index contributed by atoms with van der Waals surface area (Å²) in [5.41, 5.74) is 2.16.